The van der Waals surface area contributed by atoms with Gasteiger partial charge in [0.05, 0.1) is 23.6 Å². The molecule has 4 heterocycles. The van der Waals surface area contributed by atoms with Crippen LogP contribution in [-0.4, -0.2) is 55.8 Å². The topological polar surface area (TPSA) is 83.9 Å². The maximum atomic E-state index is 12.2. The zero-order valence-corrected chi connectivity index (χ0v) is 18.8. The lowest BCUT2D eigenvalue weighted by atomic mass is 10.0. The van der Waals surface area contributed by atoms with Crippen molar-refractivity contribution in [3.63, 3.8) is 0 Å². The number of pyridine rings is 2. The molecule has 5 rings (SSSR count). The van der Waals surface area contributed by atoms with Crippen LogP contribution in [0.5, 0.6) is 0 Å². The number of fused-ring (bicyclic) bond motifs is 1. The number of Topliss-reactive ketones (excluding diaryl/α,β-unsaturated/α-hetero) is 1. The van der Waals surface area contributed by atoms with Crippen molar-refractivity contribution in [3.05, 3.63) is 42.5 Å². The molecule has 1 aliphatic carbocycles. The molecule has 1 saturated carbocycles. The predicted octanol–water partition coefficient (Wildman–Crippen LogP) is 3.89. The van der Waals surface area contributed by atoms with Gasteiger partial charge in [0.2, 0.25) is 0 Å². The summed E-state index contributed by atoms with van der Waals surface area (Å²) in [6.07, 6.45) is 9.98. The Morgan fingerprint density at radius 2 is 1.88 bits per heavy atom. The second-order valence-electron chi connectivity index (χ2n) is 9.32. The third-order valence-electron chi connectivity index (χ3n) is 6.53. The van der Waals surface area contributed by atoms with Crippen LogP contribution in [0, 0.1) is 5.92 Å². The first-order valence-electron chi connectivity index (χ1n) is 11.7. The summed E-state index contributed by atoms with van der Waals surface area (Å²) in [5.41, 5.74) is 3.13. The number of likely N-dealkylation sites (tertiary alicyclic amines) is 1. The van der Waals surface area contributed by atoms with Crippen LogP contribution in [0.3, 0.4) is 0 Å². The smallest absolute Gasteiger partial charge is 0.145 e. The number of piperidine rings is 1. The summed E-state index contributed by atoms with van der Waals surface area (Å²) in [6.45, 7) is 6.72. The van der Waals surface area contributed by atoms with Gasteiger partial charge in [-0.3, -0.25) is 14.8 Å². The maximum Gasteiger partial charge on any atom is 0.145 e. The molecule has 7 nitrogen and oxygen atoms in total. The summed E-state index contributed by atoms with van der Waals surface area (Å²) in [6, 6.07) is 6.89. The fourth-order valence-electron chi connectivity index (χ4n) is 4.35. The Morgan fingerprint density at radius 3 is 2.62 bits per heavy atom. The molecule has 3 aromatic heterocycles. The molecular formula is C25H30N6O. The van der Waals surface area contributed by atoms with Crippen molar-refractivity contribution in [2.24, 2.45) is 5.92 Å². The minimum Gasteiger partial charge on any atom is -0.366 e. The molecule has 0 bridgehead atoms. The highest BCUT2D eigenvalue weighted by Crippen LogP contribution is 2.31. The molecule has 0 amide bonds. The number of carbonyl (C=O) groups is 1. The number of rotatable bonds is 7. The van der Waals surface area contributed by atoms with Crippen molar-refractivity contribution in [3.8, 4) is 11.4 Å². The molecule has 0 radical (unpaired) electrons. The molecule has 0 aromatic carbocycles. The van der Waals surface area contributed by atoms with Gasteiger partial charge in [-0.1, -0.05) is 0 Å². The number of aromatic nitrogens is 4. The van der Waals surface area contributed by atoms with Crippen molar-refractivity contribution in [2.75, 3.05) is 18.4 Å². The summed E-state index contributed by atoms with van der Waals surface area (Å²) >= 11 is 0. The Bertz CT molecular complexity index is 1120. The highest BCUT2D eigenvalue weighted by molar-refractivity contribution is 5.86. The van der Waals surface area contributed by atoms with E-state index in [1.165, 1.54) is 0 Å². The van der Waals surface area contributed by atoms with Crippen molar-refractivity contribution >= 4 is 22.5 Å². The Kier molecular flexibility index (Phi) is 5.83. The molecule has 3 aromatic rings. The van der Waals surface area contributed by atoms with Crippen LogP contribution < -0.4 is 5.32 Å². The Hall–Kier alpha value is -2.93. The van der Waals surface area contributed by atoms with Gasteiger partial charge in [-0.05, 0) is 57.7 Å². The number of hydrogen-bond acceptors (Lipinski definition) is 7. The van der Waals surface area contributed by atoms with Gasteiger partial charge >= 0.3 is 0 Å². The van der Waals surface area contributed by atoms with Gasteiger partial charge in [0, 0.05) is 54.8 Å². The fraction of sp³-hybridized carbons (Fsp3) is 0.480. The van der Waals surface area contributed by atoms with E-state index in [0.717, 1.165) is 72.6 Å². The number of nitrogens with zero attached hydrogens (tertiary/aromatic N) is 5. The summed E-state index contributed by atoms with van der Waals surface area (Å²) in [5.74, 6) is 1.32. The first-order valence-corrected chi connectivity index (χ1v) is 11.7. The summed E-state index contributed by atoms with van der Waals surface area (Å²) < 4.78 is 0. The van der Waals surface area contributed by atoms with E-state index in [9.17, 15) is 4.79 Å². The van der Waals surface area contributed by atoms with E-state index >= 15 is 0 Å². The van der Waals surface area contributed by atoms with E-state index in [2.05, 4.69) is 34.0 Å². The standard InChI is InChI=1S/C25H30N6O/c1-16(2)31-9-7-19(8-10-31)28-25-15-26-14-23(30-25)21-6-5-18-13-27-20(11-22(18)29-21)12-24(32)17-3-4-17/h5-6,11,13-17,19H,3-4,7-10,12H2,1-2H3,(H,28,30). The second kappa shape index (κ2) is 8.90. The van der Waals surface area contributed by atoms with E-state index in [1.807, 2.05) is 18.2 Å². The fourth-order valence-corrected chi connectivity index (χ4v) is 4.35. The minimum absolute atomic E-state index is 0.245. The number of hydrogen-bond donors (Lipinski definition) is 1. The molecule has 1 N–H and O–H groups in total. The molecule has 1 saturated heterocycles. The number of carbonyl (C=O) groups excluding carboxylic acids is 1. The quantitative estimate of drug-likeness (QED) is 0.609. The van der Waals surface area contributed by atoms with Crippen LogP contribution in [0.15, 0.2) is 36.8 Å². The molecule has 2 aliphatic rings. The molecule has 2 fully saturated rings. The molecule has 0 unspecified atom stereocenters. The van der Waals surface area contributed by atoms with Crippen LogP contribution in [-0.2, 0) is 11.2 Å². The van der Waals surface area contributed by atoms with Crippen molar-refractivity contribution in [2.45, 2.75) is 58.0 Å². The van der Waals surface area contributed by atoms with Gasteiger partial charge < -0.3 is 10.2 Å². The van der Waals surface area contributed by atoms with Gasteiger partial charge in [-0.15, -0.1) is 0 Å². The molecule has 7 heteroatoms. The highest BCUT2D eigenvalue weighted by atomic mass is 16.1. The highest BCUT2D eigenvalue weighted by Gasteiger charge is 2.29. The number of anilines is 1. The van der Waals surface area contributed by atoms with Crippen LogP contribution in [0.1, 0.15) is 45.2 Å². The number of nitrogens with one attached hydrogen (secondary N) is 1. The average Bonchev–Trinajstić information content (AvgIpc) is 3.65. The first kappa shape index (κ1) is 20.9. The van der Waals surface area contributed by atoms with E-state index < -0.39 is 0 Å². The van der Waals surface area contributed by atoms with Crippen LogP contribution in [0.25, 0.3) is 22.3 Å². The predicted molar refractivity (Wildman–Crippen MR) is 125 cm³/mol. The van der Waals surface area contributed by atoms with E-state index in [-0.39, 0.29) is 11.7 Å². The third kappa shape index (κ3) is 4.78. The van der Waals surface area contributed by atoms with E-state index in [0.29, 0.717) is 18.5 Å². The van der Waals surface area contributed by atoms with Gasteiger partial charge in [0.1, 0.15) is 17.3 Å². The first-order chi connectivity index (χ1) is 15.5. The van der Waals surface area contributed by atoms with Crippen molar-refractivity contribution in [1.29, 1.82) is 0 Å². The largest absolute Gasteiger partial charge is 0.366 e. The van der Waals surface area contributed by atoms with Gasteiger partial charge in [-0.25, -0.2) is 9.97 Å². The lowest BCUT2D eigenvalue weighted by Gasteiger charge is -2.35. The lowest BCUT2D eigenvalue weighted by Crippen LogP contribution is -2.42. The van der Waals surface area contributed by atoms with E-state index in [1.54, 1.807) is 18.6 Å². The van der Waals surface area contributed by atoms with Crippen LogP contribution in [0.4, 0.5) is 5.82 Å². The average molecular weight is 431 g/mol. The molecule has 0 atom stereocenters. The molecule has 0 spiro atoms. The van der Waals surface area contributed by atoms with Gasteiger partial charge in [0.15, 0.2) is 0 Å². The van der Waals surface area contributed by atoms with Gasteiger partial charge in [0.25, 0.3) is 0 Å². The normalized spacial score (nSPS) is 17.7. The minimum atomic E-state index is 0.245. The summed E-state index contributed by atoms with van der Waals surface area (Å²) in [4.78, 5) is 33.1. The summed E-state index contributed by atoms with van der Waals surface area (Å²) in [5, 5.41) is 4.51. The van der Waals surface area contributed by atoms with Gasteiger partial charge in [-0.2, -0.15) is 0 Å². The van der Waals surface area contributed by atoms with Crippen LogP contribution in [0.2, 0.25) is 0 Å². The zero-order chi connectivity index (χ0) is 22.1. The molecule has 32 heavy (non-hydrogen) atoms. The van der Waals surface area contributed by atoms with E-state index in [4.69, 9.17) is 9.97 Å². The SMILES string of the molecule is CC(C)N1CCC(Nc2cncc(-c3ccc4cnc(CC(=O)C5CC5)cc4n3)n2)CC1. The second-order valence-corrected chi connectivity index (χ2v) is 9.32. The third-order valence-corrected chi connectivity index (χ3v) is 6.53. The maximum absolute atomic E-state index is 12.2. The molecule has 1 aliphatic heterocycles. The number of ketones is 1. The van der Waals surface area contributed by atoms with Crippen molar-refractivity contribution in [1.82, 2.24) is 24.8 Å². The zero-order valence-electron chi connectivity index (χ0n) is 18.8. The molecule has 166 valence electrons. The monoisotopic (exact) mass is 430 g/mol. The Balaban J connectivity index is 1.31. The molecular weight excluding hydrogens is 400 g/mol. The van der Waals surface area contributed by atoms with Crippen LogP contribution >= 0.6 is 0 Å². The lowest BCUT2D eigenvalue weighted by molar-refractivity contribution is -0.119. The Morgan fingerprint density at radius 1 is 1.06 bits per heavy atom. The van der Waals surface area contributed by atoms with Crippen molar-refractivity contribution < 1.29 is 4.79 Å². The Labute approximate surface area is 188 Å². The summed E-state index contributed by atoms with van der Waals surface area (Å²) in [7, 11) is 0.